The van der Waals surface area contributed by atoms with E-state index in [0.29, 0.717) is 6.29 Å². The van der Waals surface area contributed by atoms with Crippen LogP contribution in [0.5, 0.6) is 0 Å². The number of rotatable bonds is 2. The van der Waals surface area contributed by atoms with E-state index in [0.717, 1.165) is 12.3 Å². The fraction of sp³-hybridized carbons (Fsp3) is 0.250. The van der Waals surface area contributed by atoms with E-state index in [1.165, 1.54) is 6.20 Å². The number of alkyl halides is 3. The third-order valence-electron chi connectivity index (χ3n) is 1.63. The van der Waals surface area contributed by atoms with Gasteiger partial charge in [0.05, 0.1) is 0 Å². The summed E-state index contributed by atoms with van der Waals surface area (Å²) in [5.41, 5.74) is 4.77. The minimum absolute atomic E-state index is 0.0715. The van der Waals surface area contributed by atoms with Gasteiger partial charge in [-0.1, -0.05) is 0 Å². The molecule has 1 aromatic rings. The number of hydrogen-bond acceptors (Lipinski definition) is 3. The maximum absolute atomic E-state index is 12.1. The molecule has 1 atom stereocenters. The Bertz CT molecular complexity index is 338. The van der Waals surface area contributed by atoms with E-state index in [2.05, 4.69) is 4.98 Å². The second-order valence-electron chi connectivity index (χ2n) is 2.69. The van der Waals surface area contributed by atoms with Crippen molar-refractivity contribution < 1.29 is 18.0 Å². The van der Waals surface area contributed by atoms with Crippen LogP contribution in [0.3, 0.4) is 0 Å². The van der Waals surface area contributed by atoms with E-state index in [1.54, 1.807) is 0 Å². The summed E-state index contributed by atoms with van der Waals surface area (Å²) in [6.45, 7) is 0. The van der Waals surface area contributed by atoms with Gasteiger partial charge >= 0.3 is 6.18 Å². The monoisotopic (exact) mass is 204 g/mol. The van der Waals surface area contributed by atoms with Gasteiger partial charge in [-0.05, 0) is 11.6 Å². The lowest BCUT2D eigenvalue weighted by Crippen LogP contribution is -2.28. The number of carbonyl (C=O) groups is 1. The van der Waals surface area contributed by atoms with Crippen molar-refractivity contribution in [2.75, 3.05) is 0 Å². The Balaban J connectivity index is 3.01. The molecule has 14 heavy (non-hydrogen) atoms. The number of pyridine rings is 1. The molecule has 1 heterocycles. The van der Waals surface area contributed by atoms with Crippen molar-refractivity contribution in [2.24, 2.45) is 5.73 Å². The van der Waals surface area contributed by atoms with E-state index < -0.39 is 12.2 Å². The summed E-state index contributed by atoms with van der Waals surface area (Å²) in [6.07, 6.45) is -1.95. The fourth-order valence-corrected chi connectivity index (χ4v) is 0.900. The van der Waals surface area contributed by atoms with E-state index in [1.807, 2.05) is 0 Å². The summed E-state index contributed by atoms with van der Waals surface area (Å²) in [7, 11) is 0. The molecule has 1 aromatic heterocycles. The van der Waals surface area contributed by atoms with E-state index >= 15 is 0 Å². The first-order valence-corrected chi connectivity index (χ1v) is 3.67. The van der Waals surface area contributed by atoms with Crippen LogP contribution in [-0.4, -0.2) is 17.4 Å². The third-order valence-corrected chi connectivity index (χ3v) is 1.63. The zero-order chi connectivity index (χ0) is 10.8. The molecule has 3 nitrogen and oxygen atoms in total. The van der Waals surface area contributed by atoms with E-state index in [-0.39, 0.29) is 11.1 Å². The summed E-state index contributed by atoms with van der Waals surface area (Å²) in [4.78, 5) is 13.7. The maximum atomic E-state index is 12.1. The second-order valence-corrected chi connectivity index (χ2v) is 2.69. The predicted octanol–water partition coefficient (Wildman–Crippen LogP) is 1.46. The number of carbonyl (C=O) groups excluding carboxylic acids is 1. The van der Waals surface area contributed by atoms with Gasteiger partial charge in [0.15, 0.2) is 6.29 Å². The Hall–Kier alpha value is -1.43. The van der Waals surface area contributed by atoms with Gasteiger partial charge in [-0.2, -0.15) is 13.2 Å². The van der Waals surface area contributed by atoms with Crippen molar-refractivity contribution in [2.45, 2.75) is 12.2 Å². The fourth-order valence-electron chi connectivity index (χ4n) is 0.900. The van der Waals surface area contributed by atoms with Gasteiger partial charge in [-0.3, -0.25) is 9.78 Å². The highest BCUT2D eigenvalue weighted by molar-refractivity contribution is 5.74. The number of aldehydes is 1. The standard InChI is InChI=1S/C8H7F3N2O/c9-8(10,11)7(12)6-1-5(4-14)2-13-3-6/h1-4,7H,12H2. The van der Waals surface area contributed by atoms with Gasteiger partial charge in [0.2, 0.25) is 0 Å². The molecule has 0 bridgehead atoms. The van der Waals surface area contributed by atoms with E-state index in [9.17, 15) is 18.0 Å². The van der Waals surface area contributed by atoms with Gasteiger partial charge in [0.1, 0.15) is 6.04 Å². The lowest BCUT2D eigenvalue weighted by molar-refractivity contribution is -0.149. The smallest absolute Gasteiger partial charge is 0.316 e. The van der Waals surface area contributed by atoms with Crippen LogP contribution in [0.4, 0.5) is 13.2 Å². The zero-order valence-corrected chi connectivity index (χ0v) is 6.95. The number of halogens is 3. The molecule has 1 unspecified atom stereocenters. The average molecular weight is 204 g/mol. The molecule has 76 valence electrons. The SMILES string of the molecule is NC(c1cncc(C=O)c1)C(F)(F)F. The Kier molecular flexibility index (Phi) is 2.85. The molecule has 0 aliphatic rings. The molecule has 6 heteroatoms. The first kappa shape index (κ1) is 10.6. The molecule has 0 aliphatic carbocycles. The number of aromatic nitrogens is 1. The highest BCUT2D eigenvalue weighted by Crippen LogP contribution is 2.29. The minimum Gasteiger partial charge on any atom is -0.316 e. The van der Waals surface area contributed by atoms with Crippen LogP contribution in [0.25, 0.3) is 0 Å². The van der Waals surface area contributed by atoms with Crippen LogP contribution < -0.4 is 5.73 Å². The predicted molar refractivity (Wildman–Crippen MR) is 42.6 cm³/mol. The summed E-state index contributed by atoms with van der Waals surface area (Å²) in [6, 6.07) is -1.03. The van der Waals surface area contributed by atoms with Crippen LogP contribution in [-0.2, 0) is 0 Å². The normalized spacial score (nSPS) is 13.7. The molecule has 1 rings (SSSR count). The lowest BCUT2D eigenvalue weighted by atomic mass is 10.1. The van der Waals surface area contributed by atoms with Crippen LogP contribution in [0.2, 0.25) is 0 Å². The first-order chi connectivity index (χ1) is 6.45. The van der Waals surface area contributed by atoms with Gasteiger partial charge in [-0.25, -0.2) is 0 Å². The van der Waals surface area contributed by atoms with Crippen molar-refractivity contribution in [1.29, 1.82) is 0 Å². The quantitative estimate of drug-likeness (QED) is 0.742. The Morgan fingerprint density at radius 1 is 1.43 bits per heavy atom. The minimum atomic E-state index is -4.52. The Labute approximate surface area is 77.7 Å². The molecular weight excluding hydrogens is 197 g/mol. The van der Waals surface area contributed by atoms with Gasteiger partial charge in [0.25, 0.3) is 0 Å². The molecule has 0 aromatic carbocycles. The van der Waals surface area contributed by atoms with Crippen molar-refractivity contribution in [3.05, 3.63) is 29.6 Å². The topological polar surface area (TPSA) is 56.0 Å². The van der Waals surface area contributed by atoms with Crippen LogP contribution >= 0.6 is 0 Å². The highest BCUT2D eigenvalue weighted by Gasteiger charge is 2.38. The molecule has 0 saturated heterocycles. The van der Waals surface area contributed by atoms with Crippen LogP contribution in [0.1, 0.15) is 22.0 Å². The molecule has 0 saturated carbocycles. The lowest BCUT2D eigenvalue weighted by Gasteiger charge is -2.15. The number of nitrogens with two attached hydrogens (primary N) is 1. The second kappa shape index (κ2) is 3.75. The van der Waals surface area contributed by atoms with Gasteiger partial charge in [0, 0.05) is 18.0 Å². The van der Waals surface area contributed by atoms with E-state index in [4.69, 9.17) is 5.73 Å². The maximum Gasteiger partial charge on any atom is 0.407 e. The molecule has 0 spiro atoms. The van der Waals surface area contributed by atoms with Crippen molar-refractivity contribution in [3.8, 4) is 0 Å². The first-order valence-electron chi connectivity index (χ1n) is 3.67. The zero-order valence-electron chi connectivity index (χ0n) is 6.95. The number of nitrogens with zero attached hydrogens (tertiary/aromatic N) is 1. The summed E-state index contributed by atoms with van der Waals surface area (Å²) in [5, 5.41) is 0. The molecule has 2 N–H and O–H groups in total. The Morgan fingerprint density at radius 3 is 2.57 bits per heavy atom. The van der Waals surface area contributed by atoms with Crippen molar-refractivity contribution >= 4 is 6.29 Å². The third kappa shape index (κ3) is 2.29. The molecule has 0 amide bonds. The molecule has 0 fully saturated rings. The largest absolute Gasteiger partial charge is 0.407 e. The van der Waals surface area contributed by atoms with Crippen LogP contribution in [0, 0.1) is 0 Å². The summed E-state index contributed by atoms with van der Waals surface area (Å²) < 4.78 is 36.4. The van der Waals surface area contributed by atoms with Crippen molar-refractivity contribution in [1.82, 2.24) is 4.98 Å². The Morgan fingerprint density at radius 2 is 2.07 bits per heavy atom. The van der Waals surface area contributed by atoms with Gasteiger partial charge < -0.3 is 5.73 Å². The van der Waals surface area contributed by atoms with Crippen LogP contribution in [0.15, 0.2) is 18.5 Å². The molecule has 0 radical (unpaired) electrons. The highest BCUT2D eigenvalue weighted by atomic mass is 19.4. The van der Waals surface area contributed by atoms with Gasteiger partial charge in [-0.15, -0.1) is 0 Å². The summed E-state index contributed by atoms with van der Waals surface area (Å²) >= 11 is 0. The molecule has 0 aliphatic heterocycles. The van der Waals surface area contributed by atoms with Crippen molar-refractivity contribution in [3.63, 3.8) is 0 Å². The molecular formula is C8H7F3N2O. The summed E-state index contributed by atoms with van der Waals surface area (Å²) in [5.74, 6) is 0. The average Bonchev–Trinajstić information content (AvgIpc) is 2.15. The number of hydrogen-bond donors (Lipinski definition) is 1.